The number of ether oxygens (including phenoxy) is 1. The van der Waals surface area contributed by atoms with E-state index >= 15 is 0 Å². The fourth-order valence-electron chi connectivity index (χ4n) is 4.42. The smallest absolute Gasteiger partial charge is 0.372 e. The molecule has 30 heavy (non-hydrogen) atoms. The van der Waals surface area contributed by atoms with Gasteiger partial charge in [0, 0.05) is 33.3 Å². The summed E-state index contributed by atoms with van der Waals surface area (Å²) in [5.41, 5.74) is 0. The molecule has 2 fully saturated rings. The molecule has 4 atom stereocenters. The molecule has 0 radical (unpaired) electrons. The van der Waals surface area contributed by atoms with Crippen molar-refractivity contribution < 1.29 is 27.5 Å². The van der Waals surface area contributed by atoms with Crippen LogP contribution in [-0.2, 0) is 14.3 Å². The molecule has 0 aromatic heterocycles. The normalized spacial score (nSPS) is 27.5. The van der Waals surface area contributed by atoms with Crippen LogP contribution in [0.25, 0.3) is 0 Å². The molecule has 0 spiro atoms. The van der Waals surface area contributed by atoms with Gasteiger partial charge in [-0.2, -0.15) is 13.2 Å². The maximum Gasteiger partial charge on any atom is 0.411 e. The molecule has 2 N–H and O–H groups in total. The average molecular weight is 544 g/mol. The van der Waals surface area contributed by atoms with Crippen LogP contribution in [0.15, 0.2) is 17.1 Å². The van der Waals surface area contributed by atoms with E-state index in [4.69, 9.17) is 0 Å². The first-order valence-electron chi connectivity index (χ1n) is 9.94. The van der Waals surface area contributed by atoms with Crippen molar-refractivity contribution in [2.45, 2.75) is 25.4 Å². The Balaban J connectivity index is 0.00000320. The number of fused-ring (bicyclic) bond motifs is 5. The topological polar surface area (TPSA) is 83.0 Å². The van der Waals surface area contributed by atoms with Gasteiger partial charge in [0.05, 0.1) is 11.8 Å². The summed E-state index contributed by atoms with van der Waals surface area (Å²) in [5.74, 6) is 0.523. The van der Waals surface area contributed by atoms with Crippen molar-refractivity contribution in [1.29, 1.82) is 0 Å². The van der Waals surface area contributed by atoms with Gasteiger partial charge in [0.15, 0.2) is 5.96 Å². The lowest BCUT2D eigenvalue weighted by molar-refractivity contribution is -0.173. The van der Waals surface area contributed by atoms with E-state index in [1.807, 2.05) is 0 Å². The summed E-state index contributed by atoms with van der Waals surface area (Å²) in [6.45, 7) is 0.0654. The molecule has 2 aliphatic carbocycles. The zero-order valence-corrected chi connectivity index (χ0v) is 19.1. The van der Waals surface area contributed by atoms with E-state index in [0.717, 1.165) is 6.42 Å². The molecular formula is C19H28F3IN4O3. The molecule has 1 heterocycles. The van der Waals surface area contributed by atoms with Gasteiger partial charge in [-0.25, -0.2) is 0 Å². The minimum Gasteiger partial charge on any atom is -0.372 e. The fraction of sp³-hybridized carbons (Fsp3) is 0.737. The highest BCUT2D eigenvalue weighted by atomic mass is 127. The molecule has 11 heteroatoms. The van der Waals surface area contributed by atoms with E-state index in [9.17, 15) is 22.8 Å². The number of imide groups is 1. The standard InChI is InChI=1S/C19H27F3N4O3.HI/c1-23-18(25-7-3-9-29-11-19(20,21)22)24-6-2-8-26-16(27)14-12-4-5-13(10-12)15(14)17(26)28;/h4-5,12-15H,2-3,6-11H2,1H3,(H2,23,24,25);1H. The number of amides is 2. The number of hydrogen-bond donors (Lipinski definition) is 2. The number of carbonyl (C=O) groups excluding carboxylic acids is 2. The minimum atomic E-state index is -4.31. The molecule has 2 amide bonds. The molecule has 7 nitrogen and oxygen atoms in total. The van der Waals surface area contributed by atoms with E-state index in [1.165, 1.54) is 4.90 Å². The highest BCUT2D eigenvalue weighted by Crippen LogP contribution is 2.52. The van der Waals surface area contributed by atoms with Gasteiger partial charge in [-0.05, 0) is 31.1 Å². The highest BCUT2D eigenvalue weighted by Gasteiger charge is 2.58. The first-order chi connectivity index (χ1) is 13.8. The summed E-state index contributed by atoms with van der Waals surface area (Å²) < 4.78 is 40.5. The van der Waals surface area contributed by atoms with Gasteiger partial charge in [-0.3, -0.25) is 19.5 Å². The van der Waals surface area contributed by atoms with Crippen molar-refractivity contribution in [3.8, 4) is 0 Å². The van der Waals surface area contributed by atoms with Crippen molar-refractivity contribution in [1.82, 2.24) is 15.5 Å². The fourth-order valence-corrected chi connectivity index (χ4v) is 4.42. The first-order valence-corrected chi connectivity index (χ1v) is 9.94. The third-order valence-corrected chi connectivity index (χ3v) is 5.66. The molecule has 2 bridgehead atoms. The monoisotopic (exact) mass is 544 g/mol. The summed E-state index contributed by atoms with van der Waals surface area (Å²) in [6, 6.07) is 0. The van der Waals surface area contributed by atoms with Gasteiger partial charge in [-0.1, -0.05) is 12.2 Å². The predicted octanol–water partition coefficient (Wildman–Crippen LogP) is 1.94. The molecule has 1 saturated carbocycles. The van der Waals surface area contributed by atoms with Crippen LogP contribution in [0.3, 0.4) is 0 Å². The summed E-state index contributed by atoms with van der Waals surface area (Å²) in [5, 5.41) is 6.06. The number of nitrogens with zero attached hydrogens (tertiary/aromatic N) is 2. The molecule has 1 aliphatic heterocycles. The van der Waals surface area contributed by atoms with Crippen molar-refractivity contribution >= 4 is 41.8 Å². The highest BCUT2D eigenvalue weighted by molar-refractivity contribution is 14.0. The number of nitrogens with one attached hydrogen (secondary N) is 2. The van der Waals surface area contributed by atoms with Crippen LogP contribution in [0.5, 0.6) is 0 Å². The maximum atomic E-state index is 12.6. The van der Waals surface area contributed by atoms with Crippen LogP contribution >= 0.6 is 24.0 Å². The average Bonchev–Trinajstić information content (AvgIpc) is 3.34. The van der Waals surface area contributed by atoms with Crippen molar-refractivity contribution in [3.05, 3.63) is 12.2 Å². The number of guanidine groups is 1. The molecule has 0 aromatic rings. The second-order valence-electron chi connectivity index (χ2n) is 7.63. The van der Waals surface area contributed by atoms with Gasteiger partial charge >= 0.3 is 6.18 Å². The number of likely N-dealkylation sites (tertiary alicyclic amines) is 1. The Morgan fingerprint density at radius 2 is 1.70 bits per heavy atom. The molecule has 3 aliphatic rings. The van der Waals surface area contributed by atoms with Gasteiger partial charge in [0.1, 0.15) is 6.61 Å². The number of hydrogen-bond acceptors (Lipinski definition) is 4. The third-order valence-electron chi connectivity index (χ3n) is 5.66. The number of halogens is 4. The van der Waals surface area contributed by atoms with E-state index < -0.39 is 12.8 Å². The Hall–Kier alpha value is -1.37. The molecule has 170 valence electrons. The van der Waals surface area contributed by atoms with Crippen LogP contribution in [0, 0.1) is 23.7 Å². The van der Waals surface area contributed by atoms with Crippen LogP contribution in [0.1, 0.15) is 19.3 Å². The second-order valence-corrected chi connectivity index (χ2v) is 7.63. The lowest BCUT2D eigenvalue weighted by Gasteiger charge is -2.18. The van der Waals surface area contributed by atoms with Crippen LogP contribution in [0.4, 0.5) is 13.2 Å². The second kappa shape index (κ2) is 10.8. The Morgan fingerprint density at radius 3 is 2.23 bits per heavy atom. The largest absolute Gasteiger partial charge is 0.411 e. The molecule has 4 unspecified atom stereocenters. The summed E-state index contributed by atoms with van der Waals surface area (Å²) in [6.07, 6.45) is 1.77. The van der Waals surface area contributed by atoms with Crippen LogP contribution < -0.4 is 10.6 Å². The van der Waals surface area contributed by atoms with Gasteiger partial charge < -0.3 is 15.4 Å². The maximum absolute atomic E-state index is 12.6. The Morgan fingerprint density at radius 1 is 1.13 bits per heavy atom. The number of rotatable bonds is 9. The van der Waals surface area contributed by atoms with Crippen LogP contribution in [0.2, 0.25) is 0 Å². The molecule has 0 aromatic carbocycles. The molecular weight excluding hydrogens is 516 g/mol. The zero-order chi connectivity index (χ0) is 21.0. The Kier molecular flexibility index (Phi) is 8.95. The van der Waals surface area contributed by atoms with Crippen molar-refractivity contribution in [3.63, 3.8) is 0 Å². The number of carbonyl (C=O) groups is 2. The van der Waals surface area contributed by atoms with Crippen LogP contribution in [-0.4, -0.2) is 68.7 Å². The first kappa shape index (κ1) is 24.9. The van der Waals surface area contributed by atoms with E-state index in [0.29, 0.717) is 38.4 Å². The molecule has 3 rings (SSSR count). The zero-order valence-electron chi connectivity index (χ0n) is 16.8. The summed E-state index contributed by atoms with van der Waals surface area (Å²) >= 11 is 0. The predicted molar refractivity (Wildman–Crippen MR) is 115 cm³/mol. The van der Waals surface area contributed by atoms with Gasteiger partial charge in [0.2, 0.25) is 11.8 Å². The Bertz CT molecular complexity index is 656. The van der Waals surface area contributed by atoms with E-state index in [2.05, 4.69) is 32.5 Å². The molecule has 1 saturated heterocycles. The van der Waals surface area contributed by atoms with E-state index in [-0.39, 0.29) is 66.1 Å². The summed E-state index contributed by atoms with van der Waals surface area (Å²) in [7, 11) is 1.59. The Labute approximate surface area is 190 Å². The quantitative estimate of drug-likeness (QED) is 0.116. The minimum absolute atomic E-state index is 0. The van der Waals surface area contributed by atoms with Crippen molar-refractivity contribution in [2.75, 3.05) is 39.9 Å². The number of allylic oxidation sites excluding steroid dienone is 2. The van der Waals surface area contributed by atoms with Gasteiger partial charge in [-0.15, -0.1) is 24.0 Å². The van der Waals surface area contributed by atoms with E-state index in [1.54, 1.807) is 7.05 Å². The third kappa shape index (κ3) is 5.86. The number of alkyl halides is 3. The van der Waals surface area contributed by atoms with Gasteiger partial charge in [0.25, 0.3) is 0 Å². The lowest BCUT2D eigenvalue weighted by atomic mass is 9.85. The summed E-state index contributed by atoms with van der Waals surface area (Å²) in [4.78, 5) is 30.6. The SMILES string of the molecule is CN=C(NCCCOCC(F)(F)F)NCCCN1C(=O)C2C3C=CC(C3)C2C1=O.I. The lowest BCUT2D eigenvalue weighted by Crippen LogP contribution is -2.40. The number of aliphatic imine (C=N–C) groups is 1. The van der Waals surface area contributed by atoms with Crippen molar-refractivity contribution in [2.24, 2.45) is 28.7 Å².